The fraction of sp³-hybridized carbons (Fsp3) is 0.444. The SMILES string of the molecule is CCn1cc(C(=O)NN)c(=O)c2cc(F)c(N3CCCCCC3)cc21. The first-order chi connectivity index (χ1) is 12.1. The number of aromatic nitrogens is 1. The molecule has 1 amide bonds. The van der Waals surface area contributed by atoms with Gasteiger partial charge in [0.05, 0.1) is 11.2 Å². The molecular weight excluding hydrogens is 323 g/mol. The molecule has 6 nitrogen and oxygen atoms in total. The van der Waals surface area contributed by atoms with Gasteiger partial charge in [-0.2, -0.15) is 0 Å². The molecule has 1 aromatic carbocycles. The third kappa shape index (κ3) is 3.24. The number of hydrogen-bond donors (Lipinski definition) is 2. The van der Waals surface area contributed by atoms with E-state index in [-0.39, 0.29) is 10.9 Å². The molecule has 0 radical (unpaired) electrons. The fourth-order valence-electron chi connectivity index (χ4n) is 3.45. The summed E-state index contributed by atoms with van der Waals surface area (Å²) >= 11 is 0. The van der Waals surface area contributed by atoms with Gasteiger partial charge in [0.15, 0.2) is 0 Å². The predicted molar refractivity (Wildman–Crippen MR) is 96.2 cm³/mol. The van der Waals surface area contributed by atoms with Crippen molar-refractivity contribution in [3.05, 3.63) is 39.9 Å². The van der Waals surface area contributed by atoms with Gasteiger partial charge in [0, 0.05) is 31.2 Å². The van der Waals surface area contributed by atoms with E-state index in [1.807, 2.05) is 17.2 Å². The summed E-state index contributed by atoms with van der Waals surface area (Å²) in [6.45, 7) is 4.08. The third-order valence-corrected chi connectivity index (χ3v) is 4.81. The average Bonchev–Trinajstić information content (AvgIpc) is 2.90. The van der Waals surface area contributed by atoms with Crippen LogP contribution in [0.15, 0.2) is 23.1 Å². The van der Waals surface area contributed by atoms with E-state index >= 15 is 0 Å². The third-order valence-electron chi connectivity index (χ3n) is 4.81. The van der Waals surface area contributed by atoms with E-state index in [4.69, 9.17) is 5.84 Å². The van der Waals surface area contributed by atoms with Crippen LogP contribution in [0.25, 0.3) is 10.9 Å². The summed E-state index contributed by atoms with van der Waals surface area (Å²) in [6.07, 6.45) is 5.87. The lowest BCUT2D eigenvalue weighted by atomic mass is 10.1. The summed E-state index contributed by atoms with van der Waals surface area (Å²) in [7, 11) is 0. The van der Waals surface area contributed by atoms with Gasteiger partial charge in [-0.3, -0.25) is 15.0 Å². The van der Waals surface area contributed by atoms with Gasteiger partial charge < -0.3 is 9.47 Å². The second-order valence-electron chi connectivity index (χ2n) is 6.35. The number of aryl methyl sites for hydroxylation is 1. The maximum atomic E-state index is 14.8. The highest BCUT2D eigenvalue weighted by Crippen LogP contribution is 2.27. The van der Waals surface area contributed by atoms with Gasteiger partial charge in [0.1, 0.15) is 11.4 Å². The summed E-state index contributed by atoms with van der Waals surface area (Å²) < 4.78 is 16.5. The lowest BCUT2D eigenvalue weighted by Crippen LogP contribution is -2.34. The lowest BCUT2D eigenvalue weighted by Gasteiger charge is -2.24. The number of anilines is 1. The lowest BCUT2D eigenvalue weighted by molar-refractivity contribution is 0.0952. The number of pyridine rings is 1. The van der Waals surface area contributed by atoms with E-state index in [0.717, 1.165) is 38.8 Å². The van der Waals surface area contributed by atoms with Gasteiger partial charge in [0.25, 0.3) is 5.91 Å². The summed E-state index contributed by atoms with van der Waals surface area (Å²) in [4.78, 5) is 26.5. The number of nitrogens with one attached hydrogen (secondary N) is 1. The normalized spacial score (nSPS) is 15.2. The number of fused-ring (bicyclic) bond motifs is 1. The Labute approximate surface area is 145 Å². The number of benzene rings is 1. The number of nitrogens with two attached hydrogens (primary N) is 1. The first-order valence-corrected chi connectivity index (χ1v) is 8.69. The highest BCUT2D eigenvalue weighted by atomic mass is 19.1. The molecular formula is C18H23FN4O2. The molecule has 1 saturated heterocycles. The molecule has 1 aliphatic heterocycles. The Kier molecular flexibility index (Phi) is 5.03. The fourth-order valence-corrected chi connectivity index (χ4v) is 3.45. The Morgan fingerprint density at radius 2 is 1.92 bits per heavy atom. The number of rotatable bonds is 3. The quantitative estimate of drug-likeness (QED) is 0.507. The molecule has 2 aromatic rings. The maximum Gasteiger partial charge on any atom is 0.270 e. The Balaban J connectivity index is 2.19. The number of carbonyl (C=O) groups excluding carboxylic acids is 1. The molecule has 25 heavy (non-hydrogen) atoms. The largest absolute Gasteiger partial charge is 0.369 e. The Bertz CT molecular complexity index is 854. The van der Waals surface area contributed by atoms with E-state index in [1.54, 1.807) is 10.6 Å². The van der Waals surface area contributed by atoms with Crippen molar-refractivity contribution in [3.63, 3.8) is 0 Å². The molecule has 0 spiro atoms. The van der Waals surface area contributed by atoms with Gasteiger partial charge in [-0.05, 0) is 31.9 Å². The van der Waals surface area contributed by atoms with Gasteiger partial charge in [0.2, 0.25) is 5.43 Å². The number of halogens is 1. The van der Waals surface area contributed by atoms with Crippen LogP contribution in [-0.4, -0.2) is 23.6 Å². The molecule has 0 bridgehead atoms. The number of hydrazine groups is 1. The van der Waals surface area contributed by atoms with Crippen molar-refractivity contribution in [2.75, 3.05) is 18.0 Å². The van der Waals surface area contributed by atoms with Crippen LogP contribution in [-0.2, 0) is 6.54 Å². The van der Waals surface area contributed by atoms with Crippen molar-refractivity contribution in [1.82, 2.24) is 9.99 Å². The van der Waals surface area contributed by atoms with E-state index in [9.17, 15) is 14.0 Å². The van der Waals surface area contributed by atoms with E-state index in [0.29, 0.717) is 17.7 Å². The summed E-state index contributed by atoms with van der Waals surface area (Å²) in [6, 6.07) is 2.97. The zero-order valence-corrected chi connectivity index (χ0v) is 14.3. The minimum atomic E-state index is -0.675. The highest BCUT2D eigenvalue weighted by Gasteiger charge is 2.19. The Morgan fingerprint density at radius 1 is 1.24 bits per heavy atom. The van der Waals surface area contributed by atoms with Gasteiger partial charge in [-0.25, -0.2) is 10.2 Å². The van der Waals surface area contributed by atoms with Crippen molar-refractivity contribution < 1.29 is 9.18 Å². The van der Waals surface area contributed by atoms with Crippen molar-refractivity contribution in [1.29, 1.82) is 0 Å². The minimum absolute atomic E-state index is 0.0845. The van der Waals surface area contributed by atoms with Crippen molar-refractivity contribution in [2.24, 2.45) is 5.84 Å². The molecule has 0 saturated carbocycles. The zero-order chi connectivity index (χ0) is 18.0. The van der Waals surface area contributed by atoms with E-state index in [2.05, 4.69) is 0 Å². The molecule has 3 N–H and O–H groups in total. The molecule has 1 aromatic heterocycles. The van der Waals surface area contributed by atoms with Crippen LogP contribution >= 0.6 is 0 Å². The zero-order valence-electron chi connectivity index (χ0n) is 14.3. The maximum absolute atomic E-state index is 14.8. The second-order valence-corrected chi connectivity index (χ2v) is 6.35. The van der Waals surface area contributed by atoms with Gasteiger partial charge >= 0.3 is 0 Å². The standard InChI is InChI=1S/C18H23FN4O2/c1-2-22-11-13(18(25)21-20)17(24)12-9-14(19)16(10-15(12)22)23-7-5-3-4-6-8-23/h9-11H,2-8,20H2,1H3,(H,21,25). The van der Waals surface area contributed by atoms with Crippen LogP contribution in [0.2, 0.25) is 0 Å². The molecule has 1 aliphatic rings. The topological polar surface area (TPSA) is 80.4 Å². The molecule has 7 heteroatoms. The van der Waals surface area contributed by atoms with Gasteiger partial charge in [-0.1, -0.05) is 12.8 Å². The second kappa shape index (κ2) is 7.23. The highest BCUT2D eigenvalue weighted by molar-refractivity contribution is 5.97. The monoisotopic (exact) mass is 346 g/mol. The molecule has 0 aliphatic carbocycles. The molecule has 1 fully saturated rings. The number of carbonyl (C=O) groups is 1. The molecule has 0 atom stereocenters. The summed E-state index contributed by atoms with van der Waals surface area (Å²) in [5, 5.41) is 0.194. The van der Waals surface area contributed by atoms with Crippen LogP contribution in [0.4, 0.5) is 10.1 Å². The van der Waals surface area contributed by atoms with Crippen LogP contribution in [0, 0.1) is 5.82 Å². The smallest absolute Gasteiger partial charge is 0.270 e. The number of hydrogen-bond acceptors (Lipinski definition) is 4. The Morgan fingerprint density at radius 3 is 2.52 bits per heavy atom. The van der Waals surface area contributed by atoms with Crippen molar-refractivity contribution >= 4 is 22.5 Å². The summed E-state index contributed by atoms with van der Waals surface area (Å²) in [5.41, 5.74) is 2.52. The first-order valence-electron chi connectivity index (χ1n) is 8.69. The first kappa shape index (κ1) is 17.4. The van der Waals surface area contributed by atoms with Gasteiger partial charge in [-0.15, -0.1) is 0 Å². The Hall–Kier alpha value is -2.41. The number of nitrogens with zero attached hydrogens (tertiary/aromatic N) is 2. The van der Waals surface area contributed by atoms with Crippen LogP contribution in [0.1, 0.15) is 43.0 Å². The molecule has 2 heterocycles. The minimum Gasteiger partial charge on any atom is -0.369 e. The predicted octanol–water partition coefficient (Wildman–Crippen LogP) is 2.14. The van der Waals surface area contributed by atoms with Crippen molar-refractivity contribution in [3.8, 4) is 0 Å². The van der Waals surface area contributed by atoms with E-state index in [1.165, 1.54) is 12.3 Å². The molecule has 3 rings (SSSR count). The van der Waals surface area contributed by atoms with Crippen LogP contribution < -0.4 is 21.6 Å². The van der Waals surface area contributed by atoms with E-state index < -0.39 is 17.2 Å². The number of nitrogen functional groups attached to an aromatic ring is 1. The average molecular weight is 346 g/mol. The molecule has 134 valence electrons. The van der Waals surface area contributed by atoms with Crippen molar-refractivity contribution in [2.45, 2.75) is 39.2 Å². The summed E-state index contributed by atoms with van der Waals surface area (Å²) in [5.74, 6) is 4.04. The van der Waals surface area contributed by atoms with Crippen LogP contribution in [0.5, 0.6) is 0 Å². The van der Waals surface area contributed by atoms with Crippen LogP contribution in [0.3, 0.4) is 0 Å². The number of amides is 1. The molecule has 0 unspecified atom stereocenters.